The van der Waals surface area contributed by atoms with Gasteiger partial charge in [-0.15, -0.1) is 0 Å². The molecule has 0 spiro atoms. The second kappa shape index (κ2) is 9.74. The van der Waals surface area contributed by atoms with Crippen LogP contribution in [-0.4, -0.2) is 40.3 Å². The van der Waals surface area contributed by atoms with Gasteiger partial charge in [0.1, 0.15) is 11.4 Å². The molecule has 4 aromatic heterocycles. The Hall–Kier alpha value is -3.20. The van der Waals surface area contributed by atoms with E-state index in [-0.39, 0.29) is 31.4 Å². The average molecular weight is 619 g/mol. The number of hydrogen-bond donors (Lipinski definition) is 2. The number of nitrogens with one attached hydrogen (secondary N) is 2. The maximum atomic E-state index is 12.2. The molecular formula is C16H10F6N8Os. The van der Waals surface area contributed by atoms with E-state index < -0.39 is 24.0 Å². The van der Waals surface area contributed by atoms with Gasteiger partial charge in [-0.25, -0.2) is 9.97 Å². The molecule has 0 saturated heterocycles. The van der Waals surface area contributed by atoms with Gasteiger partial charge in [0, 0.05) is 32.2 Å². The number of aromatic amines is 2. The van der Waals surface area contributed by atoms with Crippen molar-refractivity contribution in [1.29, 1.82) is 0 Å². The first-order valence-corrected chi connectivity index (χ1v) is 7.96. The van der Waals surface area contributed by atoms with Crippen molar-refractivity contribution >= 4 is 0 Å². The SMILES string of the molecule is FC(F)(F)c1nc(-c2ccccn2)n[nH]1.FC(F)(F)c1nc(-c2ccccn2)n[nH]1.[Os]. The number of pyridine rings is 2. The van der Waals surface area contributed by atoms with Crippen LogP contribution in [0.5, 0.6) is 0 Å². The third-order valence-electron chi connectivity index (χ3n) is 3.30. The summed E-state index contributed by atoms with van der Waals surface area (Å²) in [6.07, 6.45) is -6.11. The van der Waals surface area contributed by atoms with Crippen molar-refractivity contribution in [2.24, 2.45) is 0 Å². The number of nitrogens with zero attached hydrogens (tertiary/aromatic N) is 6. The van der Waals surface area contributed by atoms with Crippen molar-refractivity contribution in [2.45, 2.75) is 12.4 Å². The number of halogens is 6. The summed E-state index contributed by atoms with van der Waals surface area (Å²) in [7, 11) is 0. The van der Waals surface area contributed by atoms with E-state index in [4.69, 9.17) is 0 Å². The van der Waals surface area contributed by atoms with Gasteiger partial charge in [-0.1, -0.05) is 12.1 Å². The predicted octanol–water partition coefficient (Wildman–Crippen LogP) is 3.77. The minimum atomic E-state index is -4.51. The predicted molar refractivity (Wildman–Crippen MR) is 89.2 cm³/mol. The van der Waals surface area contributed by atoms with Crippen molar-refractivity contribution < 1.29 is 46.1 Å². The number of alkyl halides is 6. The van der Waals surface area contributed by atoms with Crippen LogP contribution in [0.15, 0.2) is 48.8 Å². The van der Waals surface area contributed by atoms with Crippen molar-refractivity contribution in [3.8, 4) is 23.0 Å². The van der Waals surface area contributed by atoms with Crippen molar-refractivity contribution in [3.05, 3.63) is 60.4 Å². The van der Waals surface area contributed by atoms with Crippen molar-refractivity contribution in [1.82, 2.24) is 40.3 Å². The molecule has 0 radical (unpaired) electrons. The molecule has 0 aliphatic heterocycles. The Morgan fingerprint density at radius 3 is 1.26 bits per heavy atom. The zero-order valence-corrected chi connectivity index (χ0v) is 17.5. The molecule has 0 aromatic carbocycles. The molecule has 4 heterocycles. The molecule has 0 aliphatic rings. The fourth-order valence-corrected chi connectivity index (χ4v) is 2.00. The monoisotopic (exact) mass is 620 g/mol. The van der Waals surface area contributed by atoms with Crippen LogP contribution in [0.3, 0.4) is 0 Å². The van der Waals surface area contributed by atoms with Gasteiger partial charge in [0.15, 0.2) is 11.6 Å². The Bertz CT molecular complexity index is 991. The second-order valence-electron chi connectivity index (χ2n) is 5.44. The Morgan fingerprint density at radius 2 is 1.00 bits per heavy atom. The summed E-state index contributed by atoms with van der Waals surface area (Å²) in [4.78, 5) is 14.3. The van der Waals surface area contributed by atoms with Gasteiger partial charge in [0.2, 0.25) is 11.6 Å². The van der Waals surface area contributed by atoms with Crippen LogP contribution in [0.4, 0.5) is 26.3 Å². The quantitative estimate of drug-likeness (QED) is 0.332. The summed E-state index contributed by atoms with van der Waals surface area (Å²) < 4.78 is 73.0. The molecule has 4 aromatic rings. The number of H-pyrrole nitrogens is 2. The molecule has 0 unspecified atom stereocenters. The zero-order chi connectivity index (χ0) is 21.8. The molecule has 0 aliphatic carbocycles. The Morgan fingerprint density at radius 1 is 0.613 bits per heavy atom. The first-order chi connectivity index (χ1) is 14.1. The minimum Gasteiger partial charge on any atom is -0.255 e. The number of rotatable bonds is 2. The normalized spacial score (nSPS) is 11.3. The summed E-state index contributed by atoms with van der Waals surface area (Å²) in [6, 6.07) is 9.66. The molecule has 4 rings (SSSR count). The molecule has 0 atom stereocenters. The van der Waals surface area contributed by atoms with E-state index >= 15 is 0 Å². The molecule has 164 valence electrons. The van der Waals surface area contributed by atoms with Crippen molar-refractivity contribution in [3.63, 3.8) is 0 Å². The fourth-order valence-electron chi connectivity index (χ4n) is 2.00. The molecule has 0 fully saturated rings. The maximum Gasteiger partial charge on any atom is 0.451 e. The van der Waals surface area contributed by atoms with Crippen molar-refractivity contribution in [2.75, 3.05) is 0 Å². The molecule has 0 amide bonds. The summed E-state index contributed by atoms with van der Waals surface area (Å²) in [6.45, 7) is 0. The Kier molecular flexibility index (Phi) is 7.56. The molecule has 31 heavy (non-hydrogen) atoms. The molecule has 8 nitrogen and oxygen atoms in total. The van der Waals surface area contributed by atoms with Crippen LogP contribution in [0, 0.1) is 0 Å². The van der Waals surface area contributed by atoms with Gasteiger partial charge >= 0.3 is 12.4 Å². The Labute approximate surface area is 182 Å². The summed E-state index contributed by atoms with van der Waals surface area (Å²) in [5.74, 6) is -2.38. The van der Waals surface area contributed by atoms with E-state index in [2.05, 4.69) is 30.1 Å². The van der Waals surface area contributed by atoms with Gasteiger partial charge in [-0.05, 0) is 24.3 Å². The average Bonchev–Trinajstić information content (AvgIpc) is 3.40. The first kappa shape index (κ1) is 24.1. The van der Waals surface area contributed by atoms with Crippen LogP contribution in [-0.2, 0) is 32.1 Å². The third kappa shape index (κ3) is 6.39. The van der Waals surface area contributed by atoms with Gasteiger partial charge in [-0.2, -0.15) is 36.5 Å². The standard InChI is InChI=1S/2C8H5F3N4.Os/c2*9-8(10,11)7-13-6(14-15-7)5-3-1-2-4-12-5;/h2*1-4H,(H,13,14,15);. The van der Waals surface area contributed by atoms with E-state index in [1.807, 2.05) is 10.2 Å². The van der Waals surface area contributed by atoms with E-state index in [9.17, 15) is 26.3 Å². The van der Waals surface area contributed by atoms with Crippen LogP contribution in [0.2, 0.25) is 0 Å². The van der Waals surface area contributed by atoms with Crippen LogP contribution < -0.4 is 0 Å². The molecule has 0 saturated carbocycles. The van der Waals surface area contributed by atoms with E-state index in [0.717, 1.165) is 0 Å². The maximum absolute atomic E-state index is 12.2. The third-order valence-corrected chi connectivity index (χ3v) is 3.30. The fraction of sp³-hybridized carbons (Fsp3) is 0.125. The molecule has 0 bridgehead atoms. The summed E-state index contributed by atoms with van der Waals surface area (Å²) in [5.41, 5.74) is 0.591. The topological polar surface area (TPSA) is 109 Å². The van der Waals surface area contributed by atoms with Crippen LogP contribution in [0.1, 0.15) is 11.6 Å². The largest absolute Gasteiger partial charge is 0.451 e. The minimum absolute atomic E-state index is 0. The van der Waals surface area contributed by atoms with E-state index in [1.165, 1.54) is 24.5 Å². The van der Waals surface area contributed by atoms with E-state index in [1.54, 1.807) is 24.3 Å². The number of hydrogen-bond acceptors (Lipinski definition) is 6. The number of aromatic nitrogens is 8. The zero-order valence-electron chi connectivity index (χ0n) is 14.9. The van der Waals surface area contributed by atoms with Gasteiger partial charge < -0.3 is 0 Å². The Balaban J connectivity index is 0.000000213. The van der Waals surface area contributed by atoms with Crippen LogP contribution >= 0.6 is 0 Å². The molecular weight excluding hydrogens is 608 g/mol. The summed E-state index contributed by atoms with van der Waals surface area (Å²) in [5, 5.41) is 10.5. The first-order valence-electron chi connectivity index (χ1n) is 7.96. The van der Waals surface area contributed by atoms with Gasteiger partial charge in [0.25, 0.3) is 0 Å². The smallest absolute Gasteiger partial charge is 0.255 e. The van der Waals surface area contributed by atoms with Gasteiger partial charge in [0.05, 0.1) is 0 Å². The van der Waals surface area contributed by atoms with Crippen LogP contribution in [0.25, 0.3) is 23.0 Å². The van der Waals surface area contributed by atoms with E-state index in [0.29, 0.717) is 11.4 Å². The molecule has 2 N–H and O–H groups in total. The van der Waals surface area contributed by atoms with Gasteiger partial charge in [-0.3, -0.25) is 20.2 Å². The second-order valence-corrected chi connectivity index (χ2v) is 5.44. The molecule has 15 heteroatoms. The summed E-state index contributed by atoms with van der Waals surface area (Å²) >= 11 is 0.